The van der Waals surface area contributed by atoms with E-state index in [9.17, 15) is 4.79 Å². The van der Waals surface area contributed by atoms with Crippen molar-refractivity contribution in [1.82, 2.24) is 5.32 Å². The van der Waals surface area contributed by atoms with Crippen LogP contribution in [0.15, 0.2) is 0 Å². The van der Waals surface area contributed by atoms with Gasteiger partial charge in [0, 0.05) is 6.42 Å². The molecule has 0 aliphatic rings. The Morgan fingerprint density at radius 2 is 2.09 bits per heavy atom. The van der Waals surface area contributed by atoms with Gasteiger partial charge in [-0.1, -0.05) is 6.42 Å². The molecule has 0 heterocycles. The monoisotopic (exact) mass is 181 g/mol. The highest BCUT2D eigenvalue weighted by atomic mass is 35.5. The number of carboxylic acids is 1. The van der Waals surface area contributed by atoms with Crippen molar-refractivity contribution in [1.29, 1.82) is 0 Å². The van der Waals surface area contributed by atoms with Gasteiger partial charge in [-0.15, -0.1) is 0 Å². The Bertz CT molecular complexity index is 103. The van der Waals surface area contributed by atoms with Crippen LogP contribution in [0.4, 0.5) is 0 Å². The standard InChI is InChI=1S/C7H15NO2.ClH/c1-8-6-4-2-3-5-7(9)10;/h8H,2-6H2,1H3,(H,9,10);1H. The molecule has 0 saturated carbocycles. The predicted molar refractivity (Wildman–Crippen MR) is 41.1 cm³/mol. The molecule has 0 aliphatic carbocycles. The number of carboxylic acid groups (broad SMARTS) is 1. The van der Waals surface area contributed by atoms with Crippen molar-refractivity contribution in [3.63, 3.8) is 0 Å². The van der Waals surface area contributed by atoms with Gasteiger partial charge in [-0.25, -0.2) is 0 Å². The van der Waals surface area contributed by atoms with Gasteiger partial charge in [-0.3, -0.25) is 4.79 Å². The van der Waals surface area contributed by atoms with E-state index in [-0.39, 0.29) is 13.8 Å². The summed E-state index contributed by atoms with van der Waals surface area (Å²) in [6.45, 7) is 0.986. The molecular formula is C7H16ClNO2. The van der Waals surface area contributed by atoms with Crippen molar-refractivity contribution in [2.24, 2.45) is 0 Å². The summed E-state index contributed by atoms with van der Waals surface area (Å²) >= 11 is 0. The van der Waals surface area contributed by atoms with Crippen LogP contribution in [0.5, 0.6) is 0 Å². The Kier molecular flexibility index (Phi) is 11.8. The molecule has 0 radical (unpaired) electrons. The SMILES string of the molecule is CNCCCCCC(=O)O.[Cl-].[H+]. The zero-order valence-corrected chi connectivity index (χ0v) is 7.52. The molecule has 3 nitrogen and oxygen atoms in total. The Balaban J connectivity index is -0.000000405. The quantitative estimate of drug-likeness (QED) is 0.465. The second kappa shape index (κ2) is 9.72. The largest absolute Gasteiger partial charge is 1.00 e. The Morgan fingerprint density at radius 1 is 1.45 bits per heavy atom. The van der Waals surface area contributed by atoms with E-state index in [2.05, 4.69) is 5.32 Å². The fourth-order valence-corrected chi connectivity index (χ4v) is 0.755. The third-order valence-electron chi connectivity index (χ3n) is 1.32. The minimum absolute atomic E-state index is 0. The van der Waals surface area contributed by atoms with Crippen LogP contribution < -0.4 is 17.7 Å². The van der Waals surface area contributed by atoms with Crippen LogP contribution in [0.3, 0.4) is 0 Å². The summed E-state index contributed by atoms with van der Waals surface area (Å²) in [6, 6.07) is 0. The van der Waals surface area contributed by atoms with Gasteiger partial charge in [0.05, 0.1) is 0 Å². The van der Waals surface area contributed by atoms with E-state index in [4.69, 9.17) is 5.11 Å². The number of rotatable bonds is 6. The normalized spacial score (nSPS) is 8.82. The highest BCUT2D eigenvalue weighted by Crippen LogP contribution is 1.97. The maximum atomic E-state index is 10.0. The van der Waals surface area contributed by atoms with E-state index < -0.39 is 5.97 Å². The Labute approximate surface area is 75.1 Å². The summed E-state index contributed by atoms with van der Waals surface area (Å²) in [4.78, 5) is 10.0. The summed E-state index contributed by atoms with van der Waals surface area (Å²) in [5, 5.41) is 11.3. The van der Waals surface area contributed by atoms with E-state index in [1.165, 1.54) is 0 Å². The van der Waals surface area contributed by atoms with Gasteiger partial charge in [-0.05, 0) is 26.4 Å². The molecule has 68 valence electrons. The molecule has 0 fully saturated rings. The highest BCUT2D eigenvalue weighted by molar-refractivity contribution is 5.66. The second-order valence-electron chi connectivity index (χ2n) is 2.31. The first-order valence-electron chi connectivity index (χ1n) is 3.63. The van der Waals surface area contributed by atoms with Crippen molar-refractivity contribution in [2.45, 2.75) is 25.7 Å². The topological polar surface area (TPSA) is 49.3 Å². The lowest BCUT2D eigenvalue weighted by Crippen LogP contribution is -3.00. The zero-order valence-electron chi connectivity index (χ0n) is 7.77. The van der Waals surface area contributed by atoms with E-state index in [1.807, 2.05) is 7.05 Å². The first-order chi connectivity index (χ1) is 4.77. The Morgan fingerprint density at radius 3 is 2.55 bits per heavy atom. The average Bonchev–Trinajstić information content (AvgIpc) is 1.87. The minimum Gasteiger partial charge on any atom is -1.00 e. The maximum Gasteiger partial charge on any atom is 1.00 e. The molecule has 0 aromatic carbocycles. The van der Waals surface area contributed by atoms with Crippen LogP contribution in [0.2, 0.25) is 0 Å². The van der Waals surface area contributed by atoms with Gasteiger partial charge in [0.2, 0.25) is 0 Å². The molecule has 2 N–H and O–H groups in total. The number of nitrogens with one attached hydrogen (secondary N) is 1. The van der Waals surface area contributed by atoms with Crippen molar-refractivity contribution < 1.29 is 23.7 Å². The first kappa shape index (κ1) is 13.3. The molecule has 4 heteroatoms. The molecule has 0 unspecified atom stereocenters. The molecular weight excluding hydrogens is 166 g/mol. The van der Waals surface area contributed by atoms with Gasteiger partial charge in [0.1, 0.15) is 0 Å². The van der Waals surface area contributed by atoms with Crippen LogP contribution in [0, 0.1) is 0 Å². The number of unbranched alkanes of at least 4 members (excludes halogenated alkanes) is 2. The van der Waals surface area contributed by atoms with Gasteiger partial charge in [0.25, 0.3) is 0 Å². The number of hydrogen-bond acceptors (Lipinski definition) is 2. The molecule has 0 amide bonds. The van der Waals surface area contributed by atoms with E-state index >= 15 is 0 Å². The van der Waals surface area contributed by atoms with Crippen LogP contribution in [-0.4, -0.2) is 24.7 Å². The minimum atomic E-state index is -0.690. The fourth-order valence-electron chi connectivity index (χ4n) is 0.755. The highest BCUT2D eigenvalue weighted by Gasteiger charge is 1.94. The van der Waals surface area contributed by atoms with Gasteiger partial charge < -0.3 is 22.8 Å². The average molecular weight is 182 g/mol. The third kappa shape index (κ3) is 12.8. The third-order valence-corrected chi connectivity index (χ3v) is 1.32. The molecule has 0 aromatic heterocycles. The number of aliphatic carboxylic acids is 1. The predicted octanol–water partition coefficient (Wildman–Crippen LogP) is -2.03. The molecule has 0 atom stereocenters. The summed E-state index contributed by atoms with van der Waals surface area (Å²) in [6.07, 6.45) is 3.19. The molecule has 0 saturated heterocycles. The molecule has 0 aliphatic heterocycles. The van der Waals surface area contributed by atoms with Crippen LogP contribution >= 0.6 is 0 Å². The van der Waals surface area contributed by atoms with Crippen molar-refractivity contribution in [2.75, 3.05) is 13.6 Å². The smallest absolute Gasteiger partial charge is 1.00 e. The number of halogens is 1. The van der Waals surface area contributed by atoms with E-state index in [0.717, 1.165) is 25.8 Å². The molecule has 0 rings (SSSR count). The summed E-state index contributed by atoms with van der Waals surface area (Å²) in [7, 11) is 1.90. The fraction of sp³-hybridized carbons (Fsp3) is 0.857. The van der Waals surface area contributed by atoms with Gasteiger partial charge in [-0.2, -0.15) is 0 Å². The molecule has 0 bridgehead atoms. The van der Waals surface area contributed by atoms with Gasteiger partial charge >= 0.3 is 7.40 Å². The Hall–Kier alpha value is -0.280. The lowest BCUT2D eigenvalue weighted by molar-refractivity contribution is -0.137. The summed E-state index contributed by atoms with van der Waals surface area (Å²) in [5.41, 5.74) is 0. The van der Waals surface area contributed by atoms with Crippen molar-refractivity contribution in [3.8, 4) is 0 Å². The van der Waals surface area contributed by atoms with Gasteiger partial charge in [0.15, 0.2) is 0 Å². The molecule has 0 aromatic rings. The lowest BCUT2D eigenvalue weighted by Gasteiger charge is -1.96. The molecule has 0 spiro atoms. The van der Waals surface area contributed by atoms with Crippen LogP contribution in [-0.2, 0) is 4.79 Å². The van der Waals surface area contributed by atoms with E-state index in [1.54, 1.807) is 0 Å². The number of hydrogen-bond donors (Lipinski definition) is 2. The maximum absolute atomic E-state index is 10.0. The summed E-state index contributed by atoms with van der Waals surface area (Å²) < 4.78 is 0. The van der Waals surface area contributed by atoms with Crippen molar-refractivity contribution >= 4 is 5.97 Å². The zero-order chi connectivity index (χ0) is 7.82. The number of carbonyl (C=O) groups is 1. The van der Waals surface area contributed by atoms with Crippen LogP contribution in [0.1, 0.15) is 27.1 Å². The summed E-state index contributed by atoms with van der Waals surface area (Å²) in [5.74, 6) is -0.690. The van der Waals surface area contributed by atoms with E-state index in [0.29, 0.717) is 6.42 Å². The second-order valence-corrected chi connectivity index (χ2v) is 2.31. The lowest BCUT2D eigenvalue weighted by atomic mass is 10.2. The first-order valence-corrected chi connectivity index (χ1v) is 3.63. The molecule has 11 heavy (non-hydrogen) atoms. The van der Waals surface area contributed by atoms with Crippen LogP contribution in [0.25, 0.3) is 0 Å². The van der Waals surface area contributed by atoms with Crippen molar-refractivity contribution in [3.05, 3.63) is 0 Å².